The maximum atomic E-state index is 13.1. The second kappa shape index (κ2) is 5.55. The SMILES string of the molecule is NNC(=O)C(F)(F)Oc1ccccc1CCO. The quantitative estimate of drug-likeness (QED) is 0.393. The fraction of sp³-hybridized carbons (Fsp3) is 0.300. The van der Waals surface area contributed by atoms with Gasteiger partial charge in [-0.25, -0.2) is 5.84 Å². The number of carbonyl (C=O) groups is 1. The first kappa shape index (κ1) is 13.3. The molecule has 0 bridgehead atoms. The van der Waals surface area contributed by atoms with E-state index in [1.165, 1.54) is 23.6 Å². The Labute approximate surface area is 96.2 Å². The first-order valence-electron chi connectivity index (χ1n) is 4.78. The number of aliphatic hydroxyl groups excluding tert-OH is 1. The number of nitrogens with two attached hydrogens (primary N) is 1. The van der Waals surface area contributed by atoms with E-state index >= 15 is 0 Å². The van der Waals surface area contributed by atoms with E-state index in [9.17, 15) is 13.6 Å². The molecule has 0 spiro atoms. The Morgan fingerprint density at radius 2 is 2.12 bits per heavy atom. The van der Waals surface area contributed by atoms with Gasteiger partial charge < -0.3 is 9.84 Å². The van der Waals surface area contributed by atoms with Crippen molar-refractivity contribution in [3.05, 3.63) is 29.8 Å². The average molecular weight is 246 g/mol. The average Bonchev–Trinajstić information content (AvgIpc) is 2.30. The summed E-state index contributed by atoms with van der Waals surface area (Å²) in [6.45, 7) is -0.213. The zero-order chi connectivity index (χ0) is 12.9. The third kappa shape index (κ3) is 3.36. The van der Waals surface area contributed by atoms with Crippen LogP contribution in [0.4, 0.5) is 8.78 Å². The molecule has 0 fully saturated rings. The van der Waals surface area contributed by atoms with Gasteiger partial charge in [-0.05, 0) is 18.1 Å². The summed E-state index contributed by atoms with van der Waals surface area (Å²) < 4.78 is 30.6. The summed E-state index contributed by atoms with van der Waals surface area (Å²) in [5.74, 6) is 2.70. The minimum absolute atomic E-state index is 0.149. The summed E-state index contributed by atoms with van der Waals surface area (Å²) in [6.07, 6.45) is -3.91. The monoisotopic (exact) mass is 246 g/mol. The van der Waals surface area contributed by atoms with Crippen molar-refractivity contribution in [3.63, 3.8) is 0 Å². The minimum atomic E-state index is -4.06. The molecule has 94 valence electrons. The van der Waals surface area contributed by atoms with E-state index in [0.29, 0.717) is 5.56 Å². The standard InChI is InChI=1S/C10H12F2N2O3/c11-10(12,9(16)14-13)17-8-4-2-1-3-7(8)5-6-15/h1-4,15H,5-6,13H2,(H,14,16). The van der Waals surface area contributed by atoms with Crippen LogP contribution in [0.15, 0.2) is 24.3 Å². The Hall–Kier alpha value is -1.73. The maximum Gasteiger partial charge on any atom is 0.483 e. The van der Waals surface area contributed by atoms with E-state index in [-0.39, 0.29) is 18.8 Å². The van der Waals surface area contributed by atoms with Gasteiger partial charge in [0.2, 0.25) is 0 Å². The molecule has 0 radical (unpaired) electrons. The molecular weight excluding hydrogens is 234 g/mol. The van der Waals surface area contributed by atoms with E-state index in [4.69, 9.17) is 5.11 Å². The van der Waals surface area contributed by atoms with Crippen LogP contribution in [0.2, 0.25) is 0 Å². The number of benzene rings is 1. The highest BCUT2D eigenvalue weighted by atomic mass is 19.3. The van der Waals surface area contributed by atoms with Crippen molar-refractivity contribution in [3.8, 4) is 5.75 Å². The van der Waals surface area contributed by atoms with E-state index in [1.54, 1.807) is 6.07 Å². The largest absolute Gasteiger partial charge is 0.483 e. The van der Waals surface area contributed by atoms with Gasteiger partial charge in [0.25, 0.3) is 0 Å². The molecule has 0 aliphatic rings. The van der Waals surface area contributed by atoms with Gasteiger partial charge in [-0.15, -0.1) is 0 Å². The van der Waals surface area contributed by atoms with Crippen molar-refractivity contribution in [2.45, 2.75) is 12.5 Å². The second-order valence-corrected chi connectivity index (χ2v) is 3.17. The summed E-state index contributed by atoms with van der Waals surface area (Å²) in [7, 11) is 0. The van der Waals surface area contributed by atoms with Crippen molar-refractivity contribution < 1.29 is 23.4 Å². The topological polar surface area (TPSA) is 84.6 Å². The smallest absolute Gasteiger partial charge is 0.425 e. The molecule has 17 heavy (non-hydrogen) atoms. The van der Waals surface area contributed by atoms with Crippen LogP contribution in [-0.4, -0.2) is 23.7 Å². The summed E-state index contributed by atoms with van der Waals surface area (Å²) >= 11 is 0. The number of rotatable bonds is 5. The predicted octanol–water partition coefficient (Wildman–Crippen LogP) is 0.183. The number of hydrogen-bond acceptors (Lipinski definition) is 4. The second-order valence-electron chi connectivity index (χ2n) is 3.17. The van der Waals surface area contributed by atoms with Gasteiger partial charge in [-0.3, -0.25) is 10.2 Å². The highest BCUT2D eigenvalue weighted by molar-refractivity contribution is 5.81. The molecule has 1 aromatic rings. The fourth-order valence-electron chi connectivity index (χ4n) is 1.20. The number of hydrogen-bond donors (Lipinski definition) is 3. The number of para-hydroxylation sites is 1. The third-order valence-electron chi connectivity index (χ3n) is 1.99. The van der Waals surface area contributed by atoms with Gasteiger partial charge in [-0.1, -0.05) is 18.2 Å². The Morgan fingerprint density at radius 1 is 1.47 bits per heavy atom. The highest BCUT2D eigenvalue weighted by Gasteiger charge is 2.42. The number of nitrogens with one attached hydrogen (secondary N) is 1. The van der Waals surface area contributed by atoms with Crippen molar-refractivity contribution in [2.24, 2.45) is 5.84 Å². The third-order valence-corrected chi connectivity index (χ3v) is 1.99. The summed E-state index contributed by atoms with van der Waals surface area (Å²) in [4.78, 5) is 10.7. The first-order chi connectivity index (χ1) is 8.01. The number of amides is 1. The first-order valence-corrected chi connectivity index (χ1v) is 4.78. The molecule has 4 N–H and O–H groups in total. The predicted molar refractivity (Wildman–Crippen MR) is 55.1 cm³/mol. The Balaban J connectivity index is 2.90. The number of hydrazine groups is 1. The van der Waals surface area contributed by atoms with Crippen molar-refractivity contribution >= 4 is 5.91 Å². The van der Waals surface area contributed by atoms with Crippen LogP contribution >= 0.6 is 0 Å². The van der Waals surface area contributed by atoms with Crippen LogP contribution in [0.25, 0.3) is 0 Å². The maximum absolute atomic E-state index is 13.1. The van der Waals surface area contributed by atoms with E-state index in [0.717, 1.165) is 0 Å². The molecule has 0 aliphatic carbocycles. The lowest BCUT2D eigenvalue weighted by Crippen LogP contribution is -2.47. The fourth-order valence-corrected chi connectivity index (χ4v) is 1.20. The van der Waals surface area contributed by atoms with E-state index < -0.39 is 12.0 Å². The zero-order valence-electron chi connectivity index (χ0n) is 8.82. The zero-order valence-corrected chi connectivity index (χ0v) is 8.82. The van der Waals surface area contributed by atoms with Gasteiger partial charge in [0.1, 0.15) is 5.75 Å². The van der Waals surface area contributed by atoms with Crippen LogP contribution in [0.3, 0.4) is 0 Å². The Morgan fingerprint density at radius 3 is 2.71 bits per heavy atom. The van der Waals surface area contributed by atoms with Crippen molar-refractivity contribution in [1.29, 1.82) is 0 Å². The molecule has 0 saturated heterocycles. The molecule has 5 nitrogen and oxygen atoms in total. The highest BCUT2D eigenvalue weighted by Crippen LogP contribution is 2.25. The number of alkyl halides is 2. The molecule has 0 heterocycles. The number of carbonyl (C=O) groups excluding carboxylic acids is 1. The summed E-state index contributed by atoms with van der Waals surface area (Å²) in [5.41, 5.74) is 1.69. The molecule has 0 unspecified atom stereocenters. The van der Waals surface area contributed by atoms with Gasteiger partial charge in [0.15, 0.2) is 0 Å². The minimum Gasteiger partial charge on any atom is -0.425 e. The molecule has 1 aromatic carbocycles. The van der Waals surface area contributed by atoms with Crippen LogP contribution in [-0.2, 0) is 11.2 Å². The molecule has 0 saturated carbocycles. The van der Waals surface area contributed by atoms with Crippen LogP contribution in [0.1, 0.15) is 5.56 Å². The van der Waals surface area contributed by atoms with Crippen LogP contribution in [0.5, 0.6) is 5.75 Å². The van der Waals surface area contributed by atoms with Crippen molar-refractivity contribution in [2.75, 3.05) is 6.61 Å². The number of halogens is 2. The lowest BCUT2D eigenvalue weighted by molar-refractivity contribution is -0.193. The van der Waals surface area contributed by atoms with Crippen LogP contribution in [0, 0.1) is 0 Å². The summed E-state index contributed by atoms with van der Waals surface area (Å²) in [6, 6.07) is 5.89. The Bertz CT molecular complexity index is 399. The summed E-state index contributed by atoms with van der Waals surface area (Å²) in [5, 5.41) is 8.76. The lowest BCUT2D eigenvalue weighted by Gasteiger charge is -2.17. The van der Waals surface area contributed by atoms with Gasteiger partial charge >= 0.3 is 12.0 Å². The van der Waals surface area contributed by atoms with Crippen LogP contribution < -0.4 is 16.0 Å². The van der Waals surface area contributed by atoms with Gasteiger partial charge in [0, 0.05) is 6.61 Å². The Kier molecular flexibility index (Phi) is 4.36. The molecule has 1 amide bonds. The normalized spacial score (nSPS) is 11.1. The molecular formula is C10H12F2N2O3. The van der Waals surface area contributed by atoms with Gasteiger partial charge in [0.05, 0.1) is 0 Å². The van der Waals surface area contributed by atoms with Crippen molar-refractivity contribution in [1.82, 2.24) is 5.43 Å². The molecule has 7 heteroatoms. The lowest BCUT2D eigenvalue weighted by atomic mass is 10.1. The van der Waals surface area contributed by atoms with E-state index in [1.807, 2.05) is 0 Å². The molecule has 1 rings (SSSR count). The van der Waals surface area contributed by atoms with Gasteiger partial charge in [-0.2, -0.15) is 8.78 Å². The van der Waals surface area contributed by atoms with E-state index in [2.05, 4.69) is 10.6 Å². The molecule has 0 atom stereocenters. The number of aliphatic hydroxyl groups is 1. The molecule has 0 aromatic heterocycles. The molecule has 0 aliphatic heterocycles. The number of ether oxygens (including phenoxy) is 1.